The third kappa shape index (κ3) is 5.06. The number of benzene rings is 1. The van der Waals surface area contributed by atoms with Crippen LogP contribution in [0, 0.1) is 0 Å². The molecule has 3 nitrogen and oxygen atoms in total. The van der Waals surface area contributed by atoms with Gasteiger partial charge in [-0.1, -0.05) is 31.3 Å². The van der Waals surface area contributed by atoms with Crippen LogP contribution in [0.4, 0.5) is 0 Å². The summed E-state index contributed by atoms with van der Waals surface area (Å²) in [6, 6.07) is 7.02. The molecule has 5 heteroatoms. The van der Waals surface area contributed by atoms with Crippen LogP contribution in [0.25, 0.3) is 0 Å². The van der Waals surface area contributed by atoms with E-state index in [2.05, 4.69) is 12.2 Å². The minimum absolute atomic E-state index is 0.0500. The van der Waals surface area contributed by atoms with Gasteiger partial charge >= 0.3 is 0 Å². The monoisotopic (exact) mass is 282 g/mol. The molecule has 1 amide bonds. The second kappa shape index (κ2) is 8.11. The van der Waals surface area contributed by atoms with Gasteiger partial charge in [-0.2, -0.15) is 11.8 Å². The van der Waals surface area contributed by atoms with E-state index in [1.165, 1.54) is 0 Å². The quantitative estimate of drug-likeness (QED) is 0.594. The first-order chi connectivity index (χ1) is 8.65. The molecular weight excluding hydrogens is 264 g/mol. The average molecular weight is 282 g/mol. The first-order valence-electron chi connectivity index (χ1n) is 5.91. The smallest absolute Gasteiger partial charge is 0.251 e. The van der Waals surface area contributed by atoms with Crippen molar-refractivity contribution in [2.24, 2.45) is 5.73 Å². The van der Waals surface area contributed by atoms with Crippen LogP contribution in [-0.4, -0.2) is 28.9 Å². The zero-order chi connectivity index (χ0) is 13.4. The summed E-state index contributed by atoms with van der Waals surface area (Å²) >= 11 is 6.74. The van der Waals surface area contributed by atoms with Gasteiger partial charge < -0.3 is 11.1 Å². The lowest BCUT2D eigenvalue weighted by molar-refractivity contribution is 0.0954. The molecule has 0 saturated carbocycles. The predicted molar refractivity (Wildman–Crippen MR) is 82.3 cm³/mol. The van der Waals surface area contributed by atoms with Crippen molar-refractivity contribution < 1.29 is 4.79 Å². The van der Waals surface area contributed by atoms with Gasteiger partial charge in [0, 0.05) is 17.7 Å². The molecule has 0 atom stereocenters. The summed E-state index contributed by atoms with van der Waals surface area (Å²) in [5, 5.41) is 2.89. The molecule has 0 fully saturated rings. The number of hydrogen-bond acceptors (Lipinski definition) is 3. The summed E-state index contributed by atoms with van der Waals surface area (Å²) in [7, 11) is 0. The van der Waals surface area contributed by atoms with Crippen molar-refractivity contribution in [3.05, 3.63) is 35.4 Å². The van der Waals surface area contributed by atoms with Gasteiger partial charge in [-0.05, 0) is 30.1 Å². The molecule has 18 heavy (non-hydrogen) atoms. The Kier molecular flexibility index (Phi) is 6.75. The fourth-order valence-corrected chi connectivity index (χ4v) is 2.18. The van der Waals surface area contributed by atoms with Crippen molar-refractivity contribution in [1.82, 2.24) is 5.32 Å². The van der Waals surface area contributed by atoms with E-state index in [1.807, 2.05) is 11.8 Å². The van der Waals surface area contributed by atoms with Crippen molar-refractivity contribution >= 4 is 34.9 Å². The number of thioether (sulfide) groups is 1. The van der Waals surface area contributed by atoms with E-state index < -0.39 is 0 Å². The second-order valence-electron chi connectivity index (χ2n) is 3.75. The summed E-state index contributed by atoms with van der Waals surface area (Å²) in [5.41, 5.74) is 6.91. The number of nitrogens with two attached hydrogens (primary N) is 1. The van der Waals surface area contributed by atoms with Gasteiger partial charge in [-0.25, -0.2) is 0 Å². The molecule has 1 aromatic rings. The highest BCUT2D eigenvalue weighted by molar-refractivity contribution is 7.99. The Morgan fingerprint density at radius 2 is 1.94 bits per heavy atom. The zero-order valence-corrected chi connectivity index (χ0v) is 12.1. The van der Waals surface area contributed by atoms with Crippen LogP contribution in [0.2, 0.25) is 0 Å². The van der Waals surface area contributed by atoms with Crippen molar-refractivity contribution in [2.75, 3.05) is 18.1 Å². The van der Waals surface area contributed by atoms with Crippen LogP contribution in [-0.2, 0) is 0 Å². The number of rotatable bonds is 7. The zero-order valence-electron chi connectivity index (χ0n) is 10.4. The molecule has 3 N–H and O–H groups in total. The SMILES string of the molecule is CCSCCCNC(=O)c1ccc(C(N)=S)cc1. The fourth-order valence-electron chi connectivity index (χ4n) is 1.41. The maximum absolute atomic E-state index is 11.8. The van der Waals surface area contributed by atoms with Crippen LogP contribution in [0.5, 0.6) is 0 Å². The first kappa shape index (κ1) is 15.0. The Morgan fingerprint density at radius 3 is 2.50 bits per heavy atom. The lowest BCUT2D eigenvalue weighted by atomic mass is 10.1. The van der Waals surface area contributed by atoms with E-state index >= 15 is 0 Å². The molecule has 0 saturated heterocycles. The third-order valence-corrected chi connectivity index (χ3v) is 3.61. The lowest BCUT2D eigenvalue weighted by Gasteiger charge is -2.05. The van der Waals surface area contributed by atoms with Crippen LogP contribution in [0.15, 0.2) is 24.3 Å². The maximum atomic E-state index is 11.8. The summed E-state index contributed by atoms with van der Waals surface area (Å²) in [4.78, 5) is 12.1. The maximum Gasteiger partial charge on any atom is 0.251 e. The van der Waals surface area contributed by atoms with Gasteiger partial charge in [0.2, 0.25) is 0 Å². The average Bonchev–Trinajstić information content (AvgIpc) is 2.38. The highest BCUT2D eigenvalue weighted by atomic mass is 32.2. The van der Waals surface area contributed by atoms with Crippen molar-refractivity contribution in [2.45, 2.75) is 13.3 Å². The molecule has 1 aromatic carbocycles. The van der Waals surface area contributed by atoms with Crippen LogP contribution >= 0.6 is 24.0 Å². The fraction of sp³-hybridized carbons (Fsp3) is 0.385. The normalized spacial score (nSPS) is 10.1. The molecule has 0 spiro atoms. The van der Waals surface area contributed by atoms with Crippen molar-refractivity contribution in [3.63, 3.8) is 0 Å². The number of carbonyl (C=O) groups is 1. The topological polar surface area (TPSA) is 55.1 Å². The van der Waals surface area contributed by atoms with E-state index in [1.54, 1.807) is 24.3 Å². The third-order valence-electron chi connectivity index (χ3n) is 2.39. The van der Waals surface area contributed by atoms with E-state index in [9.17, 15) is 4.79 Å². The van der Waals surface area contributed by atoms with Crippen LogP contribution in [0.1, 0.15) is 29.3 Å². The van der Waals surface area contributed by atoms with Gasteiger partial charge in [0.05, 0.1) is 0 Å². The van der Waals surface area contributed by atoms with Gasteiger partial charge in [0.15, 0.2) is 0 Å². The number of nitrogens with one attached hydrogen (secondary N) is 1. The molecule has 0 aliphatic rings. The Hall–Kier alpha value is -1.07. The summed E-state index contributed by atoms with van der Waals surface area (Å²) in [6.45, 7) is 2.84. The highest BCUT2D eigenvalue weighted by Crippen LogP contribution is 2.05. The Morgan fingerprint density at radius 1 is 1.33 bits per heavy atom. The van der Waals surface area contributed by atoms with Crippen molar-refractivity contribution in [1.29, 1.82) is 0 Å². The van der Waals surface area contributed by atoms with E-state index in [-0.39, 0.29) is 5.91 Å². The second-order valence-corrected chi connectivity index (χ2v) is 5.58. The van der Waals surface area contributed by atoms with E-state index in [0.29, 0.717) is 17.1 Å². The number of hydrogen-bond donors (Lipinski definition) is 2. The van der Waals surface area contributed by atoms with Crippen LogP contribution < -0.4 is 11.1 Å². The predicted octanol–water partition coefficient (Wildman–Crippen LogP) is 2.19. The Labute approximate surface area is 118 Å². The Bertz CT molecular complexity index is 404. The number of thiocarbonyl (C=S) groups is 1. The van der Waals surface area contributed by atoms with Gasteiger partial charge in [0.25, 0.3) is 5.91 Å². The summed E-state index contributed by atoms with van der Waals surface area (Å²) in [6.07, 6.45) is 0.995. The largest absolute Gasteiger partial charge is 0.389 e. The summed E-state index contributed by atoms with van der Waals surface area (Å²) in [5.74, 6) is 2.15. The van der Waals surface area contributed by atoms with Gasteiger partial charge in [-0.15, -0.1) is 0 Å². The molecule has 1 rings (SSSR count). The molecule has 98 valence electrons. The lowest BCUT2D eigenvalue weighted by Crippen LogP contribution is -2.24. The molecule has 0 radical (unpaired) electrons. The number of amides is 1. The Balaban J connectivity index is 2.39. The van der Waals surface area contributed by atoms with E-state index in [4.69, 9.17) is 18.0 Å². The molecule has 0 aliphatic heterocycles. The standard InChI is InChI=1S/C13H18N2OS2/c1-2-18-9-3-8-15-13(16)11-6-4-10(5-7-11)12(14)17/h4-7H,2-3,8-9H2,1H3,(H2,14,17)(H,15,16). The highest BCUT2D eigenvalue weighted by Gasteiger charge is 2.04. The molecular formula is C13H18N2OS2. The van der Waals surface area contributed by atoms with Crippen molar-refractivity contribution in [3.8, 4) is 0 Å². The summed E-state index contributed by atoms with van der Waals surface area (Å²) < 4.78 is 0. The molecule has 0 unspecified atom stereocenters. The van der Waals surface area contributed by atoms with E-state index in [0.717, 1.165) is 23.5 Å². The molecule has 0 bridgehead atoms. The van der Waals surface area contributed by atoms with Crippen LogP contribution in [0.3, 0.4) is 0 Å². The number of carbonyl (C=O) groups excluding carboxylic acids is 1. The minimum Gasteiger partial charge on any atom is -0.389 e. The van der Waals surface area contributed by atoms with Gasteiger partial charge in [-0.3, -0.25) is 4.79 Å². The minimum atomic E-state index is -0.0500. The first-order valence-corrected chi connectivity index (χ1v) is 7.47. The molecule has 0 aliphatic carbocycles. The molecule has 0 heterocycles. The molecule has 0 aromatic heterocycles. The van der Waals surface area contributed by atoms with Gasteiger partial charge in [0.1, 0.15) is 4.99 Å².